The van der Waals surface area contributed by atoms with Crippen LogP contribution < -0.4 is 10.6 Å². The van der Waals surface area contributed by atoms with E-state index in [1.807, 2.05) is 37.3 Å². The van der Waals surface area contributed by atoms with Gasteiger partial charge in [0.15, 0.2) is 17.5 Å². The minimum Gasteiger partial charge on any atom is -0.331 e. The fourth-order valence-electron chi connectivity index (χ4n) is 3.65. The van der Waals surface area contributed by atoms with Gasteiger partial charge in [0.25, 0.3) is 0 Å². The average molecular weight is 506 g/mol. The summed E-state index contributed by atoms with van der Waals surface area (Å²) in [4.78, 5) is 25.6. The summed E-state index contributed by atoms with van der Waals surface area (Å²) in [5.41, 5.74) is 2.08. The highest BCUT2D eigenvalue weighted by molar-refractivity contribution is 6.30. The summed E-state index contributed by atoms with van der Waals surface area (Å²) in [6, 6.07) is 13.6. The number of hydrogen-bond donors (Lipinski definition) is 2. The van der Waals surface area contributed by atoms with Gasteiger partial charge in [-0.05, 0) is 30.3 Å². The van der Waals surface area contributed by atoms with Gasteiger partial charge in [-0.1, -0.05) is 30.7 Å². The predicted octanol–water partition coefficient (Wildman–Crippen LogP) is 3.75. The van der Waals surface area contributed by atoms with E-state index in [0.29, 0.717) is 29.6 Å². The normalized spacial score (nSPS) is 11.1. The molecule has 182 valence electrons. The van der Waals surface area contributed by atoms with Crippen molar-refractivity contribution in [3.05, 3.63) is 89.4 Å². The number of urea groups is 1. The molecule has 3 heterocycles. The molecule has 2 amide bonds. The van der Waals surface area contributed by atoms with Gasteiger partial charge < -0.3 is 10.6 Å². The molecule has 0 spiro atoms. The van der Waals surface area contributed by atoms with Crippen LogP contribution in [0, 0.1) is 5.82 Å². The van der Waals surface area contributed by atoms with E-state index in [4.69, 9.17) is 11.6 Å². The molecule has 2 N–H and O–H groups in total. The number of hydrogen-bond acceptors (Lipinski definition) is 6. The number of pyridine rings is 1. The summed E-state index contributed by atoms with van der Waals surface area (Å²) in [6.45, 7) is 2.18. The number of rotatable bonds is 7. The van der Waals surface area contributed by atoms with Gasteiger partial charge >= 0.3 is 6.03 Å². The van der Waals surface area contributed by atoms with Crippen molar-refractivity contribution in [1.29, 1.82) is 0 Å². The molecule has 0 aliphatic heterocycles. The molecule has 0 unspecified atom stereocenters. The predicted molar refractivity (Wildman–Crippen MR) is 131 cm³/mol. The summed E-state index contributed by atoms with van der Waals surface area (Å²) in [6.07, 6.45) is 3.72. The maximum atomic E-state index is 13.8. The van der Waals surface area contributed by atoms with E-state index in [-0.39, 0.29) is 18.1 Å². The Morgan fingerprint density at radius 1 is 1.00 bits per heavy atom. The van der Waals surface area contributed by atoms with Crippen LogP contribution >= 0.6 is 11.6 Å². The van der Waals surface area contributed by atoms with E-state index in [2.05, 4.69) is 35.8 Å². The van der Waals surface area contributed by atoms with Crippen LogP contribution in [0.1, 0.15) is 24.4 Å². The zero-order valence-electron chi connectivity index (χ0n) is 19.2. The minimum absolute atomic E-state index is 0.0111. The second kappa shape index (κ2) is 10.1. The lowest BCUT2D eigenvalue weighted by molar-refractivity contribution is 0.239. The molecule has 0 saturated carbocycles. The number of halogens is 2. The quantitative estimate of drug-likeness (QED) is 0.348. The van der Waals surface area contributed by atoms with Crippen LogP contribution in [0.4, 0.5) is 9.18 Å². The molecule has 0 radical (unpaired) electrons. The number of fused-ring (bicyclic) bond motifs is 1. The molecule has 36 heavy (non-hydrogen) atoms. The van der Waals surface area contributed by atoms with E-state index in [0.717, 1.165) is 16.6 Å². The molecule has 0 aliphatic rings. The monoisotopic (exact) mass is 505 g/mol. The molecule has 5 rings (SSSR count). The van der Waals surface area contributed by atoms with Crippen molar-refractivity contribution < 1.29 is 9.18 Å². The highest BCUT2D eigenvalue weighted by Crippen LogP contribution is 2.19. The number of nitrogens with zero attached hydrogens (tertiary/aromatic N) is 7. The highest BCUT2D eigenvalue weighted by atomic mass is 35.5. The van der Waals surface area contributed by atoms with Gasteiger partial charge in [-0.25, -0.2) is 28.5 Å². The van der Waals surface area contributed by atoms with Crippen molar-refractivity contribution in [1.82, 2.24) is 45.1 Å². The SMILES string of the molecule is CCc1nc(CNC(=O)NCc2ncnn2-c2ccc(Cl)c(F)c2)n(-c2ccc3cccnc3c2)n1. The minimum atomic E-state index is -0.570. The van der Waals surface area contributed by atoms with Crippen LogP contribution in [0.2, 0.25) is 5.02 Å². The Morgan fingerprint density at radius 2 is 1.78 bits per heavy atom. The fraction of sp³-hybridized carbons (Fsp3) is 0.167. The Kier molecular flexibility index (Phi) is 6.54. The zero-order chi connectivity index (χ0) is 25.1. The molecule has 0 atom stereocenters. The Morgan fingerprint density at radius 3 is 2.58 bits per heavy atom. The maximum absolute atomic E-state index is 13.8. The maximum Gasteiger partial charge on any atom is 0.315 e. The fourth-order valence-corrected chi connectivity index (χ4v) is 3.77. The lowest BCUT2D eigenvalue weighted by Crippen LogP contribution is -2.36. The van der Waals surface area contributed by atoms with Crippen LogP contribution in [-0.2, 0) is 19.5 Å². The molecule has 0 saturated heterocycles. The highest BCUT2D eigenvalue weighted by Gasteiger charge is 2.14. The standard InChI is InChI=1S/C24H21ClFN9O/c1-2-21-32-23(35(33-21)17-6-5-15-4-3-9-27-20(15)11-17)13-29-24(36)28-12-22-30-14-31-34(22)16-7-8-18(25)19(26)10-16/h3-11,14H,2,12-13H2,1H3,(H2,28,29,36). The Labute approximate surface area is 210 Å². The van der Waals surface area contributed by atoms with Crippen molar-refractivity contribution >= 4 is 28.5 Å². The number of nitrogens with one attached hydrogen (secondary N) is 2. The van der Waals surface area contributed by atoms with E-state index >= 15 is 0 Å². The third kappa shape index (κ3) is 4.86. The summed E-state index contributed by atoms with van der Waals surface area (Å²) < 4.78 is 17.0. The van der Waals surface area contributed by atoms with Gasteiger partial charge in [0.05, 0.1) is 35.0 Å². The Hall–Kier alpha value is -4.38. The molecule has 10 nitrogen and oxygen atoms in total. The molecule has 0 fully saturated rings. The molecule has 3 aromatic heterocycles. The van der Waals surface area contributed by atoms with Crippen molar-refractivity contribution in [2.24, 2.45) is 0 Å². The number of aryl methyl sites for hydroxylation is 1. The van der Waals surface area contributed by atoms with Gasteiger partial charge in [0.1, 0.15) is 12.1 Å². The largest absolute Gasteiger partial charge is 0.331 e. The van der Waals surface area contributed by atoms with Crippen LogP contribution in [0.25, 0.3) is 22.3 Å². The number of amides is 2. The van der Waals surface area contributed by atoms with Gasteiger partial charge in [-0.2, -0.15) is 10.2 Å². The van der Waals surface area contributed by atoms with Crippen LogP contribution in [0.3, 0.4) is 0 Å². The molecule has 0 bridgehead atoms. The van der Waals surface area contributed by atoms with Crippen molar-refractivity contribution in [2.75, 3.05) is 0 Å². The van der Waals surface area contributed by atoms with Gasteiger partial charge in [-0.3, -0.25) is 4.98 Å². The lowest BCUT2D eigenvalue weighted by atomic mass is 10.2. The number of carbonyl (C=O) groups is 1. The zero-order valence-corrected chi connectivity index (χ0v) is 19.9. The lowest BCUT2D eigenvalue weighted by Gasteiger charge is -2.10. The Balaban J connectivity index is 1.27. The summed E-state index contributed by atoms with van der Waals surface area (Å²) >= 11 is 5.76. The van der Waals surface area contributed by atoms with Gasteiger partial charge in [-0.15, -0.1) is 0 Å². The summed E-state index contributed by atoms with van der Waals surface area (Å²) in [7, 11) is 0. The summed E-state index contributed by atoms with van der Waals surface area (Å²) in [5.74, 6) is 1.10. The Bertz CT molecular complexity index is 1550. The van der Waals surface area contributed by atoms with Gasteiger partial charge in [0.2, 0.25) is 0 Å². The number of benzene rings is 2. The number of carbonyl (C=O) groups excluding carboxylic acids is 1. The van der Waals surface area contributed by atoms with Crippen LogP contribution in [0.15, 0.2) is 61.1 Å². The second-order valence-electron chi connectivity index (χ2n) is 7.81. The van der Waals surface area contributed by atoms with E-state index in [1.54, 1.807) is 16.9 Å². The van der Waals surface area contributed by atoms with Crippen LogP contribution in [-0.4, -0.2) is 40.5 Å². The molecule has 5 aromatic rings. The smallest absolute Gasteiger partial charge is 0.315 e. The third-order valence-electron chi connectivity index (χ3n) is 5.45. The first-order valence-corrected chi connectivity index (χ1v) is 11.6. The second-order valence-corrected chi connectivity index (χ2v) is 8.22. The molecular weight excluding hydrogens is 485 g/mol. The van der Waals surface area contributed by atoms with Crippen LogP contribution in [0.5, 0.6) is 0 Å². The topological polar surface area (TPSA) is 115 Å². The van der Waals surface area contributed by atoms with Crippen molar-refractivity contribution in [2.45, 2.75) is 26.4 Å². The molecular formula is C24H21ClFN9O. The first kappa shape index (κ1) is 23.4. The van der Waals surface area contributed by atoms with E-state index in [1.165, 1.54) is 23.1 Å². The van der Waals surface area contributed by atoms with E-state index in [9.17, 15) is 9.18 Å². The van der Waals surface area contributed by atoms with Crippen molar-refractivity contribution in [3.8, 4) is 11.4 Å². The molecule has 12 heteroatoms. The van der Waals surface area contributed by atoms with Gasteiger partial charge in [0, 0.05) is 24.1 Å². The van der Waals surface area contributed by atoms with E-state index < -0.39 is 11.8 Å². The third-order valence-corrected chi connectivity index (χ3v) is 5.76. The molecule has 2 aromatic carbocycles. The summed E-state index contributed by atoms with van der Waals surface area (Å²) in [5, 5.41) is 15.2. The van der Waals surface area contributed by atoms with Crippen molar-refractivity contribution in [3.63, 3.8) is 0 Å². The number of aromatic nitrogens is 7. The first-order chi connectivity index (χ1) is 17.5. The average Bonchev–Trinajstić information content (AvgIpc) is 3.54. The first-order valence-electron chi connectivity index (χ1n) is 11.2. The molecule has 0 aliphatic carbocycles.